The van der Waals surface area contributed by atoms with Crippen LogP contribution in [0.4, 0.5) is 29.3 Å². The molecular formula is C25H23F3N4O4S. The van der Waals surface area contributed by atoms with E-state index >= 15 is 0 Å². The van der Waals surface area contributed by atoms with E-state index in [2.05, 4.69) is 9.88 Å². The van der Waals surface area contributed by atoms with E-state index in [1.807, 2.05) is 18.2 Å². The molecule has 0 atom stereocenters. The second-order valence-electron chi connectivity index (χ2n) is 9.03. The number of carbonyl (C=O) groups excluding carboxylic acids is 2. The molecule has 2 fully saturated rings. The minimum Gasteiger partial charge on any atom is -0.372 e. The van der Waals surface area contributed by atoms with Gasteiger partial charge in [-0.15, -0.1) is 0 Å². The van der Waals surface area contributed by atoms with Gasteiger partial charge in [-0.25, -0.2) is 18.1 Å². The van der Waals surface area contributed by atoms with Crippen molar-refractivity contribution in [2.45, 2.75) is 36.2 Å². The highest BCUT2D eigenvalue weighted by Gasteiger charge is 2.47. The van der Waals surface area contributed by atoms with Gasteiger partial charge in [0.05, 0.1) is 16.1 Å². The molecular weight excluding hydrogens is 509 g/mol. The highest BCUT2D eigenvalue weighted by atomic mass is 32.2. The lowest BCUT2D eigenvalue weighted by Crippen LogP contribution is -2.33. The fourth-order valence-electron chi connectivity index (χ4n) is 4.72. The molecule has 2 aliphatic heterocycles. The predicted molar refractivity (Wildman–Crippen MR) is 131 cm³/mol. The molecule has 0 radical (unpaired) electrons. The maximum atomic E-state index is 13.1. The summed E-state index contributed by atoms with van der Waals surface area (Å²) in [5.74, 6) is -0.566. The lowest BCUT2D eigenvalue weighted by molar-refractivity contribution is -0.116. The molecule has 8 nitrogen and oxygen atoms in total. The molecule has 2 aliphatic rings. The number of benzene rings is 2. The molecule has 0 spiro atoms. The second-order valence-corrected chi connectivity index (χ2v) is 11.0. The Labute approximate surface area is 211 Å². The first-order valence-electron chi connectivity index (χ1n) is 11.7. The topological polar surface area (TPSA) is 90.9 Å². The summed E-state index contributed by atoms with van der Waals surface area (Å²) >= 11 is 0. The highest BCUT2D eigenvalue weighted by molar-refractivity contribution is 7.92. The smallest absolute Gasteiger partial charge is 0.372 e. The SMILES string of the molecule is O=C1CN(Cc2ccnc3ccc(N4CCCCC4)cc23)C(=O)N1c1ccc(S(=O)(=O)C(F)(F)F)cc1. The third-order valence-corrected chi connectivity index (χ3v) is 8.15. The summed E-state index contributed by atoms with van der Waals surface area (Å²) in [5.41, 5.74) is -2.83. The van der Waals surface area contributed by atoms with Gasteiger partial charge in [-0.05, 0) is 73.4 Å². The van der Waals surface area contributed by atoms with Crippen molar-refractivity contribution in [2.75, 3.05) is 29.4 Å². The zero-order chi connectivity index (χ0) is 26.4. The van der Waals surface area contributed by atoms with Crippen molar-refractivity contribution in [1.82, 2.24) is 9.88 Å². The largest absolute Gasteiger partial charge is 0.501 e. The van der Waals surface area contributed by atoms with Crippen LogP contribution in [0.15, 0.2) is 59.6 Å². The highest BCUT2D eigenvalue weighted by Crippen LogP contribution is 2.32. The van der Waals surface area contributed by atoms with Gasteiger partial charge in [0.2, 0.25) is 0 Å². The minimum absolute atomic E-state index is 0.00871. The molecule has 37 heavy (non-hydrogen) atoms. The number of piperidine rings is 1. The Hall–Kier alpha value is -3.67. The van der Waals surface area contributed by atoms with E-state index in [0.717, 1.165) is 77.3 Å². The third-order valence-electron chi connectivity index (χ3n) is 6.65. The van der Waals surface area contributed by atoms with Crippen LogP contribution in [0.1, 0.15) is 24.8 Å². The summed E-state index contributed by atoms with van der Waals surface area (Å²) in [6, 6.07) is 10.7. The van der Waals surface area contributed by atoms with Gasteiger partial charge in [0, 0.05) is 36.9 Å². The van der Waals surface area contributed by atoms with Crippen LogP contribution in [0.5, 0.6) is 0 Å². The van der Waals surface area contributed by atoms with Crippen molar-refractivity contribution >= 4 is 44.1 Å². The number of pyridine rings is 1. The van der Waals surface area contributed by atoms with Gasteiger partial charge in [0.25, 0.3) is 15.7 Å². The van der Waals surface area contributed by atoms with Gasteiger partial charge >= 0.3 is 11.5 Å². The number of aromatic nitrogens is 1. The number of amides is 3. The number of sulfone groups is 1. The molecule has 3 aromatic rings. The maximum Gasteiger partial charge on any atom is 0.501 e. The van der Waals surface area contributed by atoms with Crippen molar-refractivity contribution in [1.29, 1.82) is 0 Å². The monoisotopic (exact) mass is 532 g/mol. The normalized spacial score (nSPS) is 17.2. The summed E-state index contributed by atoms with van der Waals surface area (Å²) in [6.07, 6.45) is 5.10. The number of rotatable bonds is 5. The third kappa shape index (κ3) is 4.61. The molecule has 0 bridgehead atoms. The molecule has 194 valence electrons. The Morgan fingerprint density at radius 2 is 1.57 bits per heavy atom. The maximum absolute atomic E-state index is 13.1. The minimum atomic E-state index is -5.54. The molecule has 3 heterocycles. The standard InChI is InChI=1S/C25H23F3N4O4S/c26-25(27,28)37(35,36)20-7-4-18(5-8-20)32-23(33)16-31(24(32)34)15-17-10-11-29-22-9-6-19(14-21(17)22)30-12-2-1-3-13-30/h4-11,14H,1-3,12-13,15-16H2. The number of fused-ring (bicyclic) bond motifs is 1. The molecule has 5 rings (SSSR count). The van der Waals surface area contributed by atoms with Gasteiger partial charge in [0.15, 0.2) is 0 Å². The lowest BCUT2D eigenvalue weighted by atomic mass is 10.1. The van der Waals surface area contributed by atoms with Crippen LogP contribution in [0.3, 0.4) is 0 Å². The molecule has 3 amide bonds. The number of anilines is 2. The van der Waals surface area contributed by atoms with E-state index in [0.29, 0.717) is 0 Å². The molecule has 1 aromatic heterocycles. The van der Waals surface area contributed by atoms with E-state index in [-0.39, 0.29) is 18.8 Å². The number of halogens is 3. The Kier molecular flexibility index (Phi) is 6.30. The molecule has 0 aliphatic carbocycles. The molecule has 12 heteroatoms. The van der Waals surface area contributed by atoms with Crippen molar-refractivity contribution < 1.29 is 31.2 Å². The zero-order valence-electron chi connectivity index (χ0n) is 19.6. The molecule has 0 unspecified atom stereocenters. The Balaban J connectivity index is 1.39. The van der Waals surface area contributed by atoms with Crippen LogP contribution >= 0.6 is 0 Å². The molecule has 2 aromatic carbocycles. The first-order valence-corrected chi connectivity index (χ1v) is 13.2. The predicted octanol–water partition coefficient (Wildman–Crippen LogP) is 4.49. The summed E-state index contributed by atoms with van der Waals surface area (Å²) in [6.45, 7) is 1.84. The summed E-state index contributed by atoms with van der Waals surface area (Å²) in [5, 5.41) is 0.867. The number of imide groups is 1. The van der Waals surface area contributed by atoms with Crippen molar-refractivity contribution in [3.63, 3.8) is 0 Å². The van der Waals surface area contributed by atoms with Gasteiger partial charge in [-0.3, -0.25) is 9.78 Å². The average Bonchev–Trinajstić information content (AvgIpc) is 3.16. The van der Waals surface area contributed by atoms with E-state index < -0.39 is 32.2 Å². The quantitative estimate of drug-likeness (QED) is 0.450. The lowest BCUT2D eigenvalue weighted by Gasteiger charge is -2.29. The van der Waals surface area contributed by atoms with Crippen LogP contribution < -0.4 is 9.80 Å². The average molecular weight is 533 g/mol. The molecule has 2 saturated heterocycles. The fraction of sp³-hybridized carbons (Fsp3) is 0.320. The first-order chi connectivity index (χ1) is 17.6. The summed E-state index contributed by atoms with van der Waals surface area (Å²) in [7, 11) is -5.54. The Bertz CT molecular complexity index is 1470. The van der Waals surface area contributed by atoms with Gasteiger partial charge in [0.1, 0.15) is 6.54 Å². The summed E-state index contributed by atoms with van der Waals surface area (Å²) in [4.78, 5) is 33.8. The first kappa shape index (κ1) is 25.0. The van der Waals surface area contributed by atoms with Crippen LogP contribution in [0, 0.1) is 0 Å². The van der Waals surface area contributed by atoms with Crippen molar-refractivity contribution in [3.8, 4) is 0 Å². The van der Waals surface area contributed by atoms with Crippen molar-refractivity contribution in [2.24, 2.45) is 0 Å². The number of urea groups is 1. The molecule has 0 N–H and O–H groups in total. The Morgan fingerprint density at radius 1 is 0.892 bits per heavy atom. The number of hydrogen-bond acceptors (Lipinski definition) is 6. The second kappa shape index (κ2) is 9.33. The van der Waals surface area contributed by atoms with Gasteiger partial charge in [-0.1, -0.05) is 0 Å². The van der Waals surface area contributed by atoms with E-state index in [4.69, 9.17) is 0 Å². The van der Waals surface area contributed by atoms with Crippen molar-refractivity contribution in [3.05, 3.63) is 60.3 Å². The van der Waals surface area contributed by atoms with E-state index in [9.17, 15) is 31.2 Å². The van der Waals surface area contributed by atoms with Gasteiger partial charge in [-0.2, -0.15) is 13.2 Å². The Morgan fingerprint density at radius 3 is 2.24 bits per heavy atom. The van der Waals surface area contributed by atoms with Crippen LogP contribution in [0.2, 0.25) is 0 Å². The number of alkyl halides is 3. The number of nitrogens with zero attached hydrogens (tertiary/aromatic N) is 4. The van der Waals surface area contributed by atoms with Crippen LogP contribution in [0.25, 0.3) is 10.9 Å². The van der Waals surface area contributed by atoms with Crippen LogP contribution in [-0.2, 0) is 21.2 Å². The van der Waals surface area contributed by atoms with E-state index in [1.54, 1.807) is 12.3 Å². The van der Waals surface area contributed by atoms with E-state index in [1.165, 1.54) is 11.3 Å². The fourth-order valence-corrected chi connectivity index (χ4v) is 5.48. The molecule has 0 saturated carbocycles. The summed E-state index contributed by atoms with van der Waals surface area (Å²) < 4.78 is 61.7. The zero-order valence-corrected chi connectivity index (χ0v) is 20.4. The van der Waals surface area contributed by atoms with Gasteiger partial charge < -0.3 is 9.80 Å². The van der Waals surface area contributed by atoms with Crippen LogP contribution in [-0.4, -0.2) is 55.4 Å². The number of hydrogen-bond donors (Lipinski definition) is 0. The number of carbonyl (C=O) groups is 2.